The van der Waals surface area contributed by atoms with E-state index in [0.29, 0.717) is 0 Å². The minimum atomic E-state index is 0.966. The summed E-state index contributed by atoms with van der Waals surface area (Å²) in [7, 11) is 0. The van der Waals surface area contributed by atoms with Gasteiger partial charge in [0, 0.05) is 12.4 Å². The Balaban J connectivity index is 2.33. The predicted molar refractivity (Wildman–Crippen MR) is 63.5 cm³/mol. The van der Waals surface area contributed by atoms with Gasteiger partial charge in [0.25, 0.3) is 0 Å². The molecule has 15 heavy (non-hydrogen) atoms. The summed E-state index contributed by atoms with van der Waals surface area (Å²) in [6.45, 7) is 6.38. The normalized spacial score (nSPS) is 11.7. The molecule has 0 amide bonds. The van der Waals surface area contributed by atoms with Gasteiger partial charge in [0.05, 0.1) is 11.9 Å². The molecule has 0 atom stereocenters. The maximum absolute atomic E-state index is 4.24. The lowest BCUT2D eigenvalue weighted by atomic mass is 10.2. The molecule has 0 spiro atoms. The molecule has 0 fully saturated rings. The van der Waals surface area contributed by atoms with Gasteiger partial charge < -0.3 is 5.32 Å². The van der Waals surface area contributed by atoms with Gasteiger partial charge >= 0.3 is 0 Å². The first-order valence-electron chi connectivity index (χ1n) is 5.48. The maximum atomic E-state index is 4.24. The molecule has 1 aromatic heterocycles. The largest absolute Gasteiger partial charge is 0.316 e. The summed E-state index contributed by atoms with van der Waals surface area (Å²) in [5.74, 6) is 0. The lowest BCUT2D eigenvalue weighted by molar-refractivity contribution is 0.678. The van der Waals surface area contributed by atoms with Gasteiger partial charge in [-0.1, -0.05) is 13.0 Å². The zero-order chi connectivity index (χ0) is 10.9. The number of aromatic nitrogens is 2. The average Bonchev–Trinajstić information content (AvgIpc) is 2.30. The summed E-state index contributed by atoms with van der Waals surface area (Å²) in [6.07, 6.45) is 9.65. The number of hydrogen-bond donors (Lipinski definition) is 1. The van der Waals surface area contributed by atoms with E-state index in [-0.39, 0.29) is 0 Å². The van der Waals surface area contributed by atoms with E-state index in [9.17, 15) is 0 Å². The third kappa shape index (κ3) is 4.70. The molecule has 0 saturated carbocycles. The topological polar surface area (TPSA) is 37.8 Å². The van der Waals surface area contributed by atoms with E-state index in [1.54, 1.807) is 18.6 Å². The van der Waals surface area contributed by atoms with Crippen LogP contribution in [0.3, 0.4) is 0 Å². The third-order valence-corrected chi connectivity index (χ3v) is 2.17. The SMILES string of the molecule is CCCNCCC=C(C)c1cnccn1. The van der Waals surface area contributed by atoms with Crippen molar-refractivity contribution in [3.8, 4) is 0 Å². The van der Waals surface area contributed by atoms with Gasteiger partial charge in [-0.2, -0.15) is 0 Å². The van der Waals surface area contributed by atoms with Gasteiger partial charge in [0.15, 0.2) is 0 Å². The van der Waals surface area contributed by atoms with Crippen LogP contribution in [0.15, 0.2) is 24.7 Å². The van der Waals surface area contributed by atoms with Crippen molar-refractivity contribution < 1.29 is 0 Å². The van der Waals surface area contributed by atoms with Crippen LogP contribution in [0.25, 0.3) is 5.57 Å². The van der Waals surface area contributed by atoms with E-state index in [1.807, 2.05) is 0 Å². The van der Waals surface area contributed by atoms with Crippen molar-refractivity contribution in [1.29, 1.82) is 0 Å². The summed E-state index contributed by atoms with van der Waals surface area (Å²) < 4.78 is 0. The Labute approximate surface area is 91.7 Å². The maximum Gasteiger partial charge on any atom is 0.0838 e. The highest BCUT2D eigenvalue weighted by Gasteiger charge is 1.94. The molecule has 1 N–H and O–H groups in total. The fourth-order valence-electron chi connectivity index (χ4n) is 1.30. The molecule has 0 radical (unpaired) electrons. The molecule has 1 heterocycles. The van der Waals surface area contributed by atoms with Crippen LogP contribution >= 0.6 is 0 Å². The minimum Gasteiger partial charge on any atom is -0.316 e. The van der Waals surface area contributed by atoms with Crippen LogP contribution in [0, 0.1) is 0 Å². The van der Waals surface area contributed by atoms with E-state index < -0.39 is 0 Å². The smallest absolute Gasteiger partial charge is 0.0838 e. The second-order valence-electron chi connectivity index (χ2n) is 3.52. The van der Waals surface area contributed by atoms with Gasteiger partial charge in [-0.3, -0.25) is 9.97 Å². The van der Waals surface area contributed by atoms with Crippen molar-refractivity contribution >= 4 is 5.57 Å². The van der Waals surface area contributed by atoms with E-state index in [1.165, 1.54) is 12.0 Å². The molecule has 3 heteroatoms. The van der Waals surface area contributed by atoms with Crippen molar-refractivity contribution in [2.45, 2.75) is 26.7 Å². The molecule has 1 rings (SSSR count). The summed E-state index contributed by atoms with van der Waals surface area (Å²) in [5, 5.41) is 3.36. The van der Waals surface area contributed by atoms with Gasteiger partial charge in [-0.05, 0) is 38.4 Å². The Morgan fingerprint density at radius 2 is 2.27 bits per heavy atom. The molecule has 0 saturated heterocycles. The highest BCUT2D eigenvalue weighted by molar-refractivity contribution is 5.59. The number of rotatable bonds is 6. The number of nitrogens with zero attached hydrogens (tertiary/aromatic N) is 2. The van der Waals surface area contributed by atoms with Gasteiger partial charge in [0.2, 0.25) is 0 Å². The molecule has 0 aliphatic carbocycles. The Morgan fingerprint density at radius 1 is 1.40 bits per heavy atom. The number of nitrogens with one attached hydrogen (secondary N) is 1. The van der Waals surface area contributed by atoms with Crippen molar-refractivity contribution in [2.75, 3.05) is 13.1 Å². The second-order valence-corrected chi connectivity index (χ2v) is 3.52. The summed E-state index contributed by atoms with van der Waals surface area (Å²) in [4.78, 5) is 8.29. The third-order valence-electron chi connectivity index (χ3n) is 2.17. The van der Waals surface area contributed by atoms with Crippen LogP contribution in [0.1, 0.15) is 32.4 Å². The summed E-state index contributed by atoms with van der Waals surface area (Å²) in [5.41, 5.74) is 2.16. The van der Waals surface area contributed by atoms with E-state index >= 15 is 0 Å². The molecular formula is C12H19N3. The summed E-state index contributed by atoms with van der Waals surface area (Å²) >= 11 is 0. The van der Waals surface area contributed by atoms with Crippen LogP contribution in [-0.4, -0.2) is 23.1 Å². The minimum absolute atomic E-state index is 0.966. The monoisotopic (exact) mass is 205 g/mol. The quantitative estimate of drug-likeness (QED) is 0.724. The molecule has 82 valence electrons. The molecule has 3 nitrogen and oxygen atoms in total. The van der Waals surface area contributed by atoms with Crippen LogP contribution in [0.5, 0.6) is 0 Å². The van der Waals surface area contributed by atoms with Crippen molar-refractivity contribution in [3.05, 3.63) is 30.4 Å². The van der Waals surface area contributed by atoms with Gasteiger partial charge in [0.1, 0.15) is 0 Å². The molecule has 1 aromatic rings. The fourth-order valence-corrected chi connectivity index (χ4v) is 1.30. The Bertz CT molecular complexity index is 293. The van der Waals surface area contributed by atoms with Crippen LogP contribution in [-0.2, 0) is 0 Å². The highest BCUT2D eigenvalue weighted by Crippen LogP contribution is 2.08. The zero-order valence-electron chi connectivity index (χ0n) is 9.53. The lowest BCUT2D eigenvalue weighted by Crippen LogP contribution is -2.15. The predicted octanol–water partition coefficient (Wildman–Crippen LogP) is 2.27. The Hall–Kier alpha value is -1.22. The van der Waals surface area contributed by atoms with Crippen LogP contribution < -0.4 is 5.32 Å². The molecule has 0 unspecified atom stereocenters. The molecule has 0 bridgehead atoms. The lowest BCUT2D eigenvalue weighted by Gasteiger charge is -2.01. The Morgan fingerprint density at radius 3 is 2.93 bits per heavy atom. The van der Waals surface area contributed by atoms with E-state index in [4.69, 9.17) is 0 Å². The van der Waals surface area contributed by atoms with E-state index in [2.05, 4.69) is 35.2 Å². The van der Waals surface area contributed by atoms with Crippen molar-refractivity contribution in [1.82, 2.24) is 15.3 Å². The van der Waals surface area contributed by atoms with Gasteiger partial charge in [-0.25, -0.2) is 0 Å². The van der Waals surface area contributed by atoms with E-state index in [0.717, 1.165) is 25.2 Å². The fraction of sp³-hybridized carbons (Fsp3) is 0.500. The first-order valence-corrected chi connectivity index (χ1v) is 5.48. The molecule has 0 aliphatic rings. The van der Waals surface area contributed by atoms with Crippen LogP contribution in [0.2, 0.25) is 0 Å². The Kier molecular flexibility index (Phi) is 5.63. The first-order chi connectivity index (χ1) is 7.34. The zero-order valence-corrected chi connectivity index (χ0v) is 9.53. The first kappa shape index (κ1) is 11.9. The molecule has 0 aromatic carbocycles. The summed E-state index contributed by atoms with van der Waals surface area (Å²) in [6, 6.07) is 0. The second kappa shape index (κ2) is 7.12. The number of hydrogen-bond acceptors (Lipinski definition) is 3. The highest BCUT2D eigenvalue weighted by atomic mass is 14.8. The number of allylic oxidation sites excluding steroid dienone is 1. The van der Waals surface area contributed by atoms with Crippen molar-refractivity contribution in [3.63, 3.8) is 0 Å². The standard InChI is InChI=1S/C12H19N3/c1-3-6-13-7-4-5-11(2)12-10-14-8-9-15-12/h5,8-10,13H,3-4,6-7H2,1-2H3. The van der Waals surface area contributed by atoms with Crippen molar-refractivity contribution in [2.24, 2.45) is 0 Å². The average molecular weight is 205 g/mol. The molecule has 0 aliphatic heterocycles. The van der Waals surface area contributed by atoms with Gasteiger partial charge in [-0.15, -0.1) is 0 Å². The molecular weight excluding hydrogens is 186 g/mol. The van der Waals surface area contributed by atoms with Crippen LogP contribution in [0.4, 0.5) is 0 Å².